The summed E-state index contributed by atoms with van der Waals surface area (Å²) < 4.78 is 17.8. The molecule has 1 heterocycles. The van der Waals surface area contributed by atoms with E-state index < -0.39 is 11.0 Å². The lowest BCUT2D eigenvalue weighted by atomic mass is 9.89. The van der Waals surface area contributed by atoms with Crippen molar-refractivity contribution in [3.8, 4) is 0 Å². The monoisotopic (exact) mass is 558 g/mol. The largest absolute Gasteiger partial charge is 0.303 e. The summed E-state index contributed by atoms with van der Waals surface area (Å²) in [6, 6.07) is 26.2. The van der Waals surface area contributed by atoms with Crippen molar-refractivity contribution in [3.63, 3.8) is 0 Å². The van der Waals surface area contributed by atoms with Gasteiger partial charge in [-0.05, 0) is 96.8 Å². The summed E-state index contributed by atoms with van der Waals surface area (Å²) in [6.45, 7) is 16.7. The first kappa shape index (κ1) is 30.7. The summed E-state index contributed by atoms with van der Waals surface area (Å²) in [7, 11) is -1.30. The van der Waals surface area contributed by atoms with E-state index in [1.54, 1.807) is 0 Å². The molecular formula is C36H50N2OS. The maximum atomic E-state index is 14.2. The van der Waals surface area contributed by atoms with Gasteiger partial charge in [0, 0.05) is 6.04 Å². The van der Waals surface area contributed by atoms with Crippen LogP contribution < -0.4 is 4.72 Å². The molecule has 40 heavy (non-hydrogen) atoms. The zero-order chi connectivity index (χ0) is 28.6. The van der Waals surface area contributed by atoms with Gasteiger partial charge in [-0.3, -0.25) is 0 Å². The second-order valence-electron chi connectivity index (χ2n) is 12.6. The molecule has 3 aromatic rings. The van der Waals surface area contributed by atoms with Gasteiger partial charge in [0.1, 0.15) is 11.0 Å². The number of likely N-dealkylation sites (tertiary alicyclic amines) is 1. The van der Waals surface area contributed by atoms with Gasteiger partial charge in [0.2, 0.25) is 0 Å². The predicted octanol–water partition coefficient (Wildman–Crippen LogP) is 8.76. The molecule has 2 unspecified atom stereocenters. The molecule has 0 bridgehead atoms. The predicted molar refractivity (Wildman–Crippen MR) is 171 cm³/mol. The molecule has 2 atom stereocenters. The number of piperidine rings is 1. The molecule has 0 aliphatic carbocycles. The first-order valence-electron chi connectivity index (χ1n) is 15.4. The molecule has 1 N–H and O–H groups in total. The van der Waals surface area contributed by atoms with Crippen LogP contribution in [0.4, 0.5) is 0 Å². The van der Waals surface area contributed by atoms with Gasteiger partial charge in [-0.1, -0.05) is 114 Å². The smallest absolute Gasteiger partial charge is 0.126 e. The third-order valence-electron chi connectivity index (χ3n) is 8.52. The fraction of sp³-hybridized carbons (Fsp3) is 0.500. The van der Waals surface area contributed by atoms with Crippen LogP contribution in [0.5, 0.6) is 0 Å². The SMILES string of the molecule is CC(C)c1cc(C(C)C)c(S(=O)NC(CCN2CCC(Cc3ccccc3)CC2)c2ccccc2)c(C(C)C)c1. The van der Waals surface area contributed by atoms with Crippen molar-refractivity contribution in [2.24, 2.45) is 5.92 Å². The average molecular weight is 559 g/mol. The molecule has 4 heteroatoms. The van der Waals surface area contributed by atoms with Gasteiger partial charge in [0.15, 0.2) is 0 Å². The van der Waals surface area contributed by atoms with E-state index in [1.807, 2.05) is 0 Å². The standard InChI is InChI=1S/C36H50N2OS/c1-26(2)32-24-33(27(3)4)36(34(25-32)28(5)6)40(39)37-35(31-15-11-8-12-16-31)19-22-38-20-17-30(18-21-38)23-29-13-9-7-10-14-29/h7-16,24-28,30,35,37H,17-23H2,1-6H3. The number of hydrogen-bond acceptors (Lipinski definition) is 2. The van der Waals surface area contributed by atoms with Gasteiger partial charge in [-0.2, -0.15) is 0 Å². The molecule has 1 aliphatic heterocycles. The molecule has 4 rings (SSSR count). The maximum absolute atomic E-state index is 14.2. The van der Waals surface area contributed by atoms with E-state index in [0.29, 0.717) is 17.8 Å². The lowest BCUT2D eigenvalue weighted by molar-refractivity contribution is 0.178. The Hall–Kier alpha value is -2.27. The second-order valence-corrected chi connectivity index (χ2v) is 13.8. The number of rotatable bonds is 12. The molecule has 1 saturated heterocycles. The molecule has 1 aliphatic rings. The number of hydrogen-bond donors (Lipinski definition) is 1. The van der Waals surface area contributed by atoms with Crippen LogP contribution in [-0.4, -0.2) is 28.7 Å². The topological polar surface area (TPSA) is 32.3 Å². The van der Waals surface area contributed by atoms with E-state index in [4.69, 9.17) is 0 Å². The number of nitrogens with one attached hydrogen (secondary N) is 1. The van der Waals surface area contributed by atoms with Gasteiger partial charge in [-0.15, -0.1) is 0 Å². The highest BCUT2D eigenvalue weighted by Crippen LogP contribution is 2.35. The molecular weight excluding hydrogens is 508 g/mol. The third kappa shape index (κ3) is 8.15. The Bertz CT molecular complexity index is 1190. The maximum Gasteiger partial charge on any atom is 0.126 e. The average Bonchev–Trinajstić information content (AvgIpc) is 2.96. The molecule has 216 valence electrons. The van der Waals surface area contributed by atoms with Crippen LogP contribution in [0, 0.1) is 5.92 Å². The summed E-state index contributed by atoms with van der Waals surface area (Å²) in [6.07, 6.45) is 4.63. The fourth-order valence-electron chi connectivity index (χ4n) is 5.94. The van der Waals surface area contributed by atoms with Crippen LogP contribution in [0.3, 0.4) is 0 Å². The summed E-state index contributed by atoms with van der Waals surface area (Å²) in [5.41, 5.74) is 6.44. The molecule has 0 aromatic heterocycles. The summed E-state index contributed by atoms with van der Waals surface area (Å²) in [5, 5.41) is 0. The highest BCUT2D eigenvalue weighted by atomic mass is 32.2. The van der Waals surface area contributed by atoms with Gasteiger partial charge < -0.3 is 4.90 Å². The van der Waals surface area contributed by atoms with Crippen LogP contribution in [0.15, 0.2) is 77.7 Å². The third-order valence-corrected chi connectivity index (χ3v) is 9.87. The number of nitrogens with zero attached hydrogens (tertiary/aromatic N) is 1. The number of benzene rings is 3. The fourth-order valence-corrected chi connectivity index (χ4v) is 7.59. The minimum absolute atomic E-state index is 0.0360. The van der Waals surface area contributed by atoms with Gasteiger partial charge in [0.05, 0.1) is 4.90 Å². The minimum Gasteiger partial charge on any atom is -0.303 e. The van der Waals surface area contributed by atoms with E-state index in [9.17, 15) is 4.21 Å². The van der Waals surface area contributed by atoms with E-state index in [1.165, 1.54) is 47.1 Å². The molecule has 0 amide bonds. The van der Waals surface area contributed by atoms with Crippen LogP contribution in [0.2, 0.25) is 0 Å². The van der Waals surface area contributed by atoms with Crippen molar-refractivity contribution in [2.75, 3.05) is 19.6 Å². The first-order chi connectivity index (χ1) is 19.2. The summed E-state index contributed by atoms with van der Waals surface area (Å²) in [4.78, 5) is 3.61. The van der Waals surface area contributed by atoms with Crippen LogP contribution in [-0.2, 0) is 17.4 Å². The Morgan fingerprint density at radius 1 is 0.775 bits per heavy atom. The van der Waals surface area contributed by atoms with E-state index in [0.717, 1.165) is 36.9 Å². The lowest BCUT2D eigenvalue weighted by Gasteiger charge is -2.33. The zero-order valence-electron chi connectivity index (χ0n) is 25.5. The summed E-state index contributed by atoms with van der Waals surface area (Å²) >= 11 is 0. The van der Waals surface area contributed by atoms with Crippen LogP contribution in [0.1, 0.15) is 112 Å². The van der Waals surface area contributed by atoms with E-state index in [-0.39, 0.29) is 6.04 Å². The van der Waals surface area contributed by atoms with Crippen LogP contribution >= 0.6 is 0 Å². The summed E-state index contributed by atoms with van der Waals surface area (Å²) in [5.74, 6) is 1.83. The molecule has 0 radical (unpaired) electrons. The van der Waals surface area contributed by atoms with Gasteiger partial charge >= 0.3 is 0 Å². The Balaban J connectivity index is 1.48. The van der Waals surface area contributed by atoms with E-state index in [2.05, 4.69) is 124 Å². The van der Waals surface area contributed by atoms with Crippen molar-refractivity contribution in [2.45, 2.75) is 95.9 Å². The Morgan fingerprint density at radius 2 is 1.32 bits per heavy atom. The lowest BCUT2D eigenvalue weighted by Crippen LogP contribution is -2.37. The Labute approximate surface area is 246 Å². The quantitative estimate of drug-likeness (QED) is 0.241. The van der Waals surface area contributed by atoms with E-state index >= 15 is 0 Å². The minimum atomic E-state index is -1.30. The second kappa shape index (κ2) is 14.6. The van der Waals surface area contributed by atoms with Gasteiger partial charge in [-0.25, -0.2) is 8.93 Å². The van der Waals surface area contributed by atoms with Crippen LogP contribution in [0.25, 0.3) is 0 Å². The molecule has 3 aromatic carbocycles. The first-order valence-corrected chi connectivity index (χ1v) is 16.5. The van der Waals surface area contributed by atoms with Crippen molar-refractivity contribution in [1.29, 1.82) is 0 Å². The molecule has 0 spiro atoms. The van der Waals surface area contributed by atoms with Crippen molar-refractivity contribution >= 4 is 11.0 Å². The highest BCUT2D eigenvalue weighted by Gasteiger charge is 2.25. The normalized spacial score (nSPS) is 16.6. The van der Waals surface area contributed by atoms with Crippen molar-refractivity contribution in [3.05, 3.63) is 101 Å². The highest BCUT2D eigenvalue weighted by molar-refractivity contribution is 7.83. The van der Waals surface area contributed by atoms with Gasteiger partial charge in [0.25, 0.3) is 0 Å². The van der Waals surface area contributed by atoms with Crippen molar-refractivity contribution in [1.82, 2.24) is 9.62 Å². The van der Waals surface area contributed by atoms with Crippen molar-refractivity contribution < 1.29 is 4.21 Å². The molecule has 0 saturated carbocycles. The Morgan fingerprint density at radius 3 is 1.85 bits per heavy atom. The zero-order valence-corrected chi connectivity index (χ0v) is 26.3. The molecule has 1 fully saturated rings. The molecule has 3 nitrogen and oxygen atoms in total. The Kier molecular flexibility index (Phi) is 11.2.